The Balaban J connectivity index is 3.42. The third kappa shape index (κ3) is 4.82. The summed E-state index contributed by atoms with van der Waals surface area (Å²) in [5.74, 6) is 0.117. The Bertz CT molecular complexity index is 134. The van der Waals surface area contributed by atoms with Crippen LogP contribution in [-0.4, -0.2) is 5.91 Å². The summed E-state index contributed by atoms with van der Waals surface area (Å²) in [4.78, 5) is 10.5. The zero-order valence-corrected chi connectivity index (χ0v) is 5.64. The Kier molecular flexibility index (Phi) is 3.45. The van der Waals surface area contributed by atoms with Crippen molar-refractivity contribution in [3.8, 4) is 6.19 Å². The predicted molar refractivity (Wildman–Crippen MR) is 33.2 cm³/mol. The van der Waals surface area contributed by atoms with Gasteiger partial charge < -0.3 is 0 Å². The summed E-state index contributed by atoms with van der Waals surface area (Å²) in [5, 5.41) is 10.0. The lowest BCUT2D eigenvalue weighted by molar-refractivity contribution is -0.120. The Hall–Kier alpha value is -1.04. The molecule has 3 heteroatoms. The van der Waals surface area contributed by atoms with Gasteiger partial charge in [0.15, 0.2) is 6.19 Å². The molecule has 0 aliphatic heterocycles. The number of nitriles is 1. The van der Waals surface area contributed by atoms with Crippen LogP contribution in [0.15, 0.2) is 0 Å². The number of carbonyl (C=O) groups excluding carboxylic acids is 1. The van der Waals surface area contributed by atoms with Gasteiger partial charge in [0, 0.05) is 6.42 Å². The van der Waals surface area contributed by atoms with Crippen molar-refractivity contribution in [2.24, 2.45) is 5.92 Å². The summed E-state index contributed by atoms with van der Waals surface area (Å²) >= 11 is 0. The number of rotatable bonds is 2. The van der Waals surface area contributed by atoms with Crippen LogP contribution in [0, 0.1) is 17.4 Å². The van der Waals surface area contributed by atoms with E-state index in [1.54, 1.807) is 6.19 Å². The van der Waals surface area contributed by atoms with E-state index in [1.165, 1.54) is 0 Å². The van der Waals surface area contributed by atoms with E-state index in [2.05, 4.69) is 0 Å². The minimum atomic E-state index is -0.201. The maximum absolute atomic E-state index is 10.5. The molecule has 3 nitrogen and oxygen atoms in total. The molecule has 0 aromatic rings. The van der Waals surface area contributed by atoms with Crippen LogP contribution in [0.1, 0.15) is 20.3 Å². The lowest BCUT2D eigenvalue weighted by atomic mass is 10.1. The molecule has 0 fully saturated rings. The molecule has 0 radical (unpaired) electrons. The molecule has 0 bridgehead atoms. The van der Waals surface area contributed by atoms with E-state index >= 15 is 0 Å². The second-order valence-electron chi connectivity index (χ2n) is 2.26. The number of carbonyl (C=O) groups is 1. The molecule has 0 saturated carbocycles. The van der Waals surface area contributed by atoms with Crippen molar-refractivity contribution in [1.82, 2.24) is 5.32 Å². The molecule has 50 valence electrons. The first-order valence-corrected chi connectivity index (χ1v) is 2.84. The standard InChI is InChI=1S/C6H10N2O/c1-5(2)3-6(9)8-4-7/h5H,3H2,1-2H3,(H,8,9). The number of amides is 1. The van der Waals surface area contributed by atoms with Gasteiger partial charge in [0.05, 0.1) is 0 Å². The highest BCUT2D eigenvalue weighted by Gasteiger charge is 2.01. The largest absolute Gasteiger partial charge is 0.274 e. The first-order valence-electron chi connectivity index (χ1n) is 2.84. The van der Waals surface area contributed by atoms with Gasteiger partial charge in [-0.1, -0.05) is 13.8 Å². The topological polar surface area (TPSA) is 52.9 Å². The fourth-order valence-electron chi connectivity index (χ4n) is 0.484. The summed E-state index contributed by atoms with van der Waals surface area (Å²) in [7, 11) is 0. The van der Waals surface area contributed by atoms with Gasteiger partial charge in [0.1, 0.15) is 0 Å². The Morgan fingerprint density at radius 1 is 1.78 bits per heavy atom. The molecule has 9 heavy (non-hydrogen) atoms. The Morgan fingerprint density at radius 2 is 2.33 bits per heavy atom. The third-order valence-electron chi connectivity index (χ3n) is 0.789. The van der Waals surface area contributed by atoms with Gasteiger partial charge in [-0.25, -0.2) is 0 Å². The van der Waals surface area contributed by atoms with E-state index < -0.39 is 0 Å². The number of nitrogens with zero attached hydrogens (tertiary/aromatic N) is 1. The number of hydrogen-bond donors (Lipinski definition) is 1. The van der Waals surface area contributed by atoms with Gasteiger partial charge >= 0.3 is 0 Å². The molecule has 0 aromatic carbocycles. The first-order chi connectivity index (χ1) is 4.16. The number of hydrogen-bond acceptors (Lipinski definition) is 2. The van der Waals surface area contributed by atoms with Crippen molar-refractivity contribution < 1.29 is 4.79 Å². The summed E-state index contributed by atoms with van der Waals surface area (Å²) in [6.45, 7) is 3.86. The van der Waals surface area contributed by atoms with Gasteiger partial charge in [0.2, 0.25) is 5.91 Å². The van der Waals surface area contributed by atoms with Crippen molar-refractivity contribution in [2.45, 2.75) is 20.3 Å². The highest BCUT2D eigenvalue weighted by molar-refractivity contribution is 5.77. The molecule has 0 aliphatic rings. The molecular formula is C6H10N2O. The van der Waals surface area contributed by atoms with E-state index in [-0.39, 0.29) is 5.91 Å². The van der Waals surface area contributed by atoms with Gasteiger partial charge in [0.25, 0.3) is 0 Å². The summed E-state index contributed by atoms with van der Waals surface area (Å²) < 4.78 is 0. The molecule has 0 unspecified atom stereocenters. The van der Waals surface area contributed by atoms with Crippen LogP contribution in [-0.2, 0) is 4.79 Å². The minimum Gasteiger partial charge on any atom is -0.274 e. The van der Waals surface area contributed by atoms with Crippen molar-refractivity contribution in [1.29, 1.82) is 5.26 Å². The van der Waals surface area contributed by atoms with Gasteiger partial charge in [-0.05, 0) is 5.92 Å². The lowest BCUT2D eigenvalue weighted by Gasteiger charge is -1.98. The van der Waals surface area contributed by atoms with Crippen LogP contribution in [0.3, 0.4) is 0 Å². The van der Waals surface area contributed by atoms with Gasteiger partial charge in [-0.15, -0.1) is 0 Å². The lowest BCUT2D eigenvalue weighted by Crippen LogP contribution is -2.18. The second-order valence-corrected chi connectivity index (χ2v) is 2.26. The van der Waals surface area contributed by atoms with Gasteiger partial charge in [-0.3, -0.25) is 10.1 Å². The Morgan fingerprint density at radius 3 is 2.67 bits per heavy atom. The van der Waals surface area contributed by atoms with Crippen molar-refractivity contribution >= 4 is 5.91 Å². The van der Waals surface area contributed by atoms with E-state index in [0.717, 1.165) is 0 Å². The van der Waals surface area contributed by atoms with E-state index in [0.29, 0.717) is 12.3 Å². The van der Waals surface area contributed by atoms with Crippen LogP contribution in [0.2, 0.25) is 0 Å². The molecular weight excluding hydrogens is 116 g/mol. The quantitative estimate of drug-likeness (QED) is 0.436. The molecule has 0 spiro atoms. The maximum Gasteiger partial charge on any atom is 0.233 e. The van der Waals surface area contributed by atoms with Gasteiger partial charge in [-0.2, -0.15) is 5.26 Å². The summed E-state index contributed by atoms with van der Waals surface area (Å²) in [5.41, 5.74) is 0. The molecule has 1 amide bonds. The zero-order chi connectivity index (χ0) is 7.28. The third-order valence-corrected chi connectivity index (χ3v) is 0.789. The highest BCUT2D eigenvalue weighted by Crippen LogP contribution is 1.96. The second kappa shape index (κ2) is 3.90. The first kappa shape index (κ1) is 7.96. The van der Waals surface area contributed by atoms with Crippen LogP contribution in [0.5, 0.6) is 0 Å². The fourth-order valence-corrected chi connectivity index (χ4v) is 0.484. The highest BCUT2D eigenvalue weighted by atomic mass is 16.1. The zero-order valence-electron chi connectivity index (χ0n) is 5.64. The molecule has 0 aliphatic carbocycles. The maximum atomic E-state index is 10.5. The average Bonchev–Trinajstić information content (AvgIpc) is 1.63. The molecule has 0 heterocycles. The predicted octanol–water partition coefficient (Wildman–Crippen LogP) is 0.630. The molecule has 1 N–H and O–H groups in total. The molecule has 0 aromatic heterocycles. The average molecular weight is 126 g/mol. The smallest absolute Gasteiger partial charge is 0.233 e. The van der Waals surface area contributed by atoms with E-state index in [1.807, 2.05) is 19.2 Å². The van der Waals surface area contributed by atoms with Crippen molar-refractivity contribution in [3.63, 3.8) is 0 Å². The van der Waals surface area contributed by atoms with Crippen LogP contribution in [0.25, 0.3) is 0 Å². The molecule has 0 atom stereocenters. The van der Waals surface area contributed by atoms with Crippen molar-refractivity contribution in [3.05, 3.63) is 0 Å². The summed E-state index contributed by atoms with van der Waals surface area (Å²) in [6, 6.07) is 0. The fraction of sp³-hybridized carbons (Fsp3) is 0.667. The normalized spacial score (nSPS) is 8.67. The van der Waals surface area contributed by atoms with E-state index in [9.17, 15) is 4.79 Å². The Labute approximate surface area is 54.7 Å². The van der Waals surface area contributed by atoms with Crippen LogP contribution < -0.4 is 5.32 Å². The minimum absolute atomic E-state index is 0.201. The SMILES string of the molecule is CC(C)CC(=O)NC#N. The van der Waals surface area contributed by atoms with Crippen LogP contribution in [0.4, 0.5) is 0 Å². The molecule has 0 rings (SSSR count). The summed E-state index contributed by atoms with van der Waals surface area (Å²) in [6.07, 6.45) is 2.00. The van der Waals surface area contributed by atoms with Crippen LogP contribution >= 0.6 is 0 Å². The van der Waals surface area contributed by atoms with Crippen molar-refractivity contribution in [2.75, 3.05) is 0 Å². The van der Waals surface area contributed by atoms with E-state index in [4.69, 9.17) is 5.26 Å². The monoisotopic (exact) mass is 126 g/mol. The number of nitrogens with one attached hydrogen (secondary N) is 1. The molecule has 0 saturated heterocycles.